The Bertz CT molecular complexity index is 1050. The molecule has 9 heteroatoms. The van der Waals surface area contributed by atoms with Crippen molar-refractivity contribution in [2.45, 2.75) is 0 Å². The smallest absolute Gasteiger partial charge is 0.238 e. The average Bonchev–Trinajstić information content (AvgIpc) is 2.79. The third-order valence-corrected chi connectivity index (χ3v) is 6.68. The Morgan fingerprint density at radius 2 is 1.68 bits per heavy atom. The summed E-state index contributed by atoms with van der Waals surface area (Å²) < 4.78 is 37.6. The fourth-order valence-electron chi connectivity index (χ4n) is 3.48. The summed E-state index contributed by atoms with van der Waals surface area (Å²) in [7, 11) is -3.49. The second-order valence-corrected chi connectivity index (χ2v) is 9.16. The molecule has 2 aliphatic rings. The predicted molar refractivity (Wildman–Crippen MR) is 118 cm³/mol. The quantitative estimate of drug-likeness (QED) is 0.735. The molecule has 2 aromatic rings. The van der Waals surface area contributed by atoms with Crippen molar-refractivity contribution >= 4 is 27.7 Å². The van der Waals surface area contributed by atoms with Gasteiger partial charge in [0.2, 0.25) is 15.9 Å². The van der Waals surface area contributed by atoms with E-state index in [1.807, 2.05) is 35.2 Å². The normalized spacial score (nSPS) is 17.5. The van der Waals surface area contributed by atoms with Crippen molar-refractivity contribution in [2.75, 3.05) is 51.3 Å². The number of nitrogens with zero attached hydrogens (tertiary/aromatic N) is 2. The van der Waals surface area contributed by atoms with Crippen LogP contribution in [0.4, 0.5) is 5.69 Å². The minimum atomic E-state index is -3.49. The van der Waals surface area contributed by atoms with E-state index in [4.69, 9.17) is 9.47 Å². The summed E-state index contributed by atoms with van der Waals surface area (Å²) in [5.74, 6) is 1.13. The average molecular weight is 444 g/mol. The molecular weight excluding hydrogens is 418 g/mol. The zero-order valence-corrected chi connectivity index (χ0v) is 17.9. The van der Waals surface area contributed by atoms with E-state index in [1.54, 1.807) is 24.3 Å². The molecule has 0 bridgehead atoms. The highest BCUT2D eigenvalue weighted by atomic mass is 32.2. The first-order valence-electron chi connectivity index (χ1n) is 10.1. The minimum Gasteiger partial charge on any atom is -0.486 e. The van der Waals surface area contributed by atoms with E-state index in [1.165, 1.54) is 9.71 Å². The Balaban J connectivity index is 1.27. The van der Waals surface area contributed by atoms with Gasteiger partial charge >= 0.3 is 0 Å². The molecule has 1 fully saturated rings. The van der Waals surface area contributed by atoms with Crippen LogP contribution in [-0.4, -0.2) is 69.5 Å². The summed E-state index contributed by atoms with van der Waals surface area (Å²) in [6, 6.07) is 14.6. The minimum absolute atomic E-state index is 0.156. The van der Waals surface area contributed by atoms with Gasteiger partial charge in [0.15, 0.2) is 11.5 Å². The lowest BCUT2D eigenvalue weighted by molar-refractivity contribution is -0.117. The van der Waals surface area contributed by atoms with Gasteiger partial charge in [0.1, 0.15) is 13.2 Å². The SMILES string of the molecule is O=C(CN1CCN(S(=O)(=O)C=Cc2ccccc2)CC1)Nc1ccc2c(c1)OCCO2. The fourth-order valence-corrected chi connectivity index (χ4v) is 4.66. The molecule has 1 saturated heterocycles. The number of carbonyl (C=O) groups excluding carboxylic acids is 1. The molecule has 164 valence electrons. The first-order valence-corrected chi connectivity index (χ1v) is 11.6. The predicted octanol–water partition coefficient (Wildman–Crippen LogP) is 2.01. The molecule has 8 nitrogen and oxygen atoms in total. The van der Waals surface area contributed by atoms with E-state index in [0.717, 1.165) is 5.56 Å². The number of hydrogen-bond acceptors (Lipinski definition) is 6. The number of sulfonamides is 1. The van der Waals surface area contributed by atoms with Crippen LogP contribution in [0.1, 0.15) is 5.56 Å². The van der Waals surface area contributed by atoms with Crippen LogP contribution in [0, 0.1) is 0 Å². The number of piperazine rings is 1. The molecule has 2 aliphatic heterocycles. The highest BCUT2D eigenvalue weighted by molar-refractivity contribution is 7.92. The largest absolute Gasteiger partial charge is 0.486 e. The molecule has 2 aromatic carbocycles. The Kier molecular flexibility index (Phi) is 6.55. The van der Waals surface area contributed by atoms with Gasteiger partial charge in [-0.1, -0.05) is 30.3 Å². The lowest BCUT2D eigenvalue weighted by Gasteiger charge is -2.32. The molecule has 31 heavy (non-hydrogen) atoms. The second-order valence-electron chi connectivity index (χ2n) is 7.34. The number of amides is 1. The maximum atomic E-state index is 12.6. The van der Waals surface area contributed by atoms with Crippen LogP contribution in [0.25, 0.3) is 6.08 Å². The van der Waals surface area contributed by atoms with E-state index < -0.39 is 10.0 Å². The molecule has 1 amide bonds. The maximum Gasteiger partial charge on any atom is 0.238 e. The summed E-state index contributed by atoms with van der Waals surface area (Å²) >= 11 is 0. The van der Waals surface area contributed by atoms with Gasteiger partial charge in [-0.05, 0) is 23.8 Å². The number of rotatable bonds is 6. The van der Waals surface area contributed by atoms with E-state index in [2.05, 4.69) is 5.32 Å². The zero-order chi connectivity index (χ0) is 21.7. The van der Waals surface area contributed by atoms with Crippen molar-refractivity contribution in [1.82, 2.24) is 9.21 Å². The maximum absolute atomic E-state index is 12.6. The van der Waals surface area contributed by atoms with Gasteiger partial charge in [0.25, 0.3) is 0 Å². The summed E-state index contributed by atoms with van der Waals surface area (Å²) in [6.07, 6.45) is 1.60. The van der Waals surface area contributed by atoms with Gasteiger partial charge < -0.3 is 14.8 Å². The van der Waals surface area contributed by atoms with Crippen molar-refractivity contribution in [3.63, 3.8) is 0 Å². The van der Waals surface area contributed by atoms with Gasteiger partial charge in [-0.15, -0.1) is 0 Å². The van der Waals surface area contributed by atoms with Gasteiger partial charge in [-0.3, -0.25) is 9.69 Å². The molecule has 0 spiro atoms. The Morgan fingerprint density at radius 1 is 0.968 bits per heavy atom. The summed E-state index contributed by atoms with van der Waals surface area (Å²) in [6.45, 7) is 2.88. The highest BCUT2D eigenvalue weighted by Gasteiger charge is 2.26. The van der Waals surface area contributed by atoms with Crippen molar-refractivity contribution in [3.8, 4) is 11.5 Å². The third kappa shape index (κ3) is 5.63. The molecule has 4 rings (SSSR count). The van der Waals surface area contributed by atoms with Gasteiger partial charge in [0.05, 0.1) is 6.54 Å². The number of fused-ring (bicyclic) bond motifs is 1. The van der Waals surface area contributed by atoms with E-state index in [0.29, 0.717) is 56.6 Å². The fraction of sp³-hybridized carbons (Fsp3) is 0.318. The first-order chi connectivity index (χ1) is 15.0. The summed E-state index contributed by atoms with van der Waals surface area (Å²) in [5, 5.41) is 4.10. The Hall–Kier alpha value is -2.88. The van der Waals surface area contributed by atoms with Crippen LogP contribution in [0.2, 0.25) is 0 Å². The topological polar surface area (TPSA) is 88.2 Å². The molecular formula is C22H25N3O5S. The molecule has 0 saturated carbocycles. The number of ether oxygens (including phenoxy) is 2. The Morgan fingerprint density at radius 3 is 2.42 bits per heavy atom. The number of benzene rings is 2. The van der Waals surface area contributed by atoms with Crippen molar-refractivity contribution in [3.05, 3.63) is 59.5 Å². The molecule has 0 unspecified atom stereocenters. The van der Waals surface area contributed by atoms with Crippen LogP contribution >= 0.6 is 0 Å². The lowest BCUT2D eigenvalue weighted by atomic mass is 10.2. The first kappa shape index (κ1) is 21.4. The van der Waals surface area contributed by atoms with Crippen LogP contribution < -0.4 is 14.8 Å². The summed E-state index contributed by atoms with van der Waals surface area (Å²) in [4.78, 5) is 14.4. The van der Waals surface area contributed by atoms with Crippen LogP contribution in [0.5, 0.6) is 11.5 Å². The zero-order valence-electron chi connectivity index (χ0n) is 17.1. The monoisotopic (exact) mass is 443 g/mol. The molecule has 0 atom stereocenters. The van der Waals surface area contributed by atoms with Gasteiger partial charge in [-0.25, -0.2) is 8.42 Å². The number of nitrogens with one attached hydrogen (secondary N) is 1. The van der Waals surface area contributed by atoms with Crippen molar-refractivity contribution in [1.29, 1.82) is 0 Å². The molecule has 0 aliphatic carbocycles. The highest BCUT2D eigenvalue weighted by Crippen LogP contribution is 2.32. The lowest BCUT2D eigenvalue weighted by Crippen LogP contribution is -2.49. The van der Waals surface area contributed by atoms with E-state index in [9.17, 15) is 13.2 Å². The van der Waals surface area contributed by atoms with E-state index >= 15 is 0 Å². The summed E-state index contributed by atoms with van der Waals surface area (Å²) in [5.41, 5.74) is 1.47. The number of hydrogen-bond donors (Lipinski definition) is 1. The van der Waals surface area contributed by atoms with Gasteiger partial charge in [0, 0.05) is 43.3 Å². The van der Waals surface area contributed by atoms with Crippen molar-refractivity contribution < 1.29 is 22.7 Å². The standard InChI is InChI=1S/C22H25N3O5S/c26-22(23-19-6-7-20-21(16-19)30-14-13-29-20)17-24-9-11-25(12-10-24)31(27,28)15-8-18-4-2-1-3-5-18/h1-8,15-16H,9-14,17H2,(H,23,26). The molecule has 0 radical (unpaired) electrons. The Labute approximate surface area is 182 Å². The van der Waals surface area contributed by atoms with E-state index in [-0.39, 0.29) is 12.5 Å². The van der Waals surface area contributed by atoms with Crippen LogP contribution in [-0.2, 0) is 14.8 Å². The van der Waals surface area contributed by atoms with Gasteiger partial charge in [-0.2, -0.15) is 4.31 Å². The third-order valence-electron chi connectivity index (χ3n) is 5.12. The molecule has 1 N–H and O–H groups in total. The molecule has 0 aromatic heterocycles. The number of carbonyl (C=O) groups is 1. The number of anilines is 1. The molecule has 2 heterocycles. The van der Waals surface area contributed by atoms with Crippen molar-refractivity contribution in [2.24, 2.45) is 0 Å². The second kappa shape index (κ2) is 9.51. The van der Waals surface area contributed by atoms with Crippen LogP contribution in [0.15, 0.2) is 53.9 Å². The van der Waals surface area contributed by atoms with Crippen LogP contribution in [0.3, 0.4) is 0 Å².